The van der Waals surface area contributed by atoms with E-state index >= 15 is 0 Å². The Bertz CT molecular complexity index is 551. The van der Waals surface area contributed by atoms with Crippen molar-refractivity contribution in [3.8, 4) is 0 Å². The second-order valence-corrected chi connectivity index (χ2v) is 7.54. The molecule has 0 spiro atoms. The molecular formula is C15H26N4O2S. The minimum Gasteiger partial charge on any atom is -0.329 e. The highest BCUT2D eigenvalue weighted by molar-refractivity contribution is 7.89. The summed E-state index contributed by atoms with van der Waals surface area (Å²) in [5, 5.41) is 3.26. The molecule has 6 nitrogen and oxygen atoms in total. The highest BCUT2D eigenvalue weighted by Crippen LogP contribution is 2.17. The van der Waals surface area contributed by atoms with Crippen LogP contribution in [-0.2, 0) is 10.0 Å². The lowest BCUT2D eigenvalue weighted by Gasteiger charge is -2.34. The van der Waals surface area contributed by atoms with E-state index in [1.807, 2.05) is 19.1 Å². The van der Waals surface area contributed by atoms with Crippen molar-refractivity contribution in [2.24, 2.45) is 5.73 Å². The van der Waals surface area contributed by atoms with Gasteiger partial charge in [-0.1, -0.05) is 17.7 Å². The monoisotopic (exact) mass is 326 g/mol. The molecule has 22 heavy (non-hydrogen) atoms. The molecule has 0 saturated carbocycles. The quantitative estimate of drug-likeness (QED) is 0.681. The highest BCUT2D eigenvalue weighted by atomic mass is 32.2. The van der Waals surface area contributed by atoms with Gasteiger partial charge in [-0.2, -0.15) is 4.31 Å². The Kier molecular flexibility index (Phi) is 6.34. The van der Waals surface area contributed by atoms with Gasteiger partial charge in [-0.05, 0) is 19.1 Å². The Morgan fingerprint density at radius 3 is 2.32 bits per heavy atom. The molecule has 0 amide bonds. The molecule has 0 radical (unpaired) electrons. The van der Waals surface area contributed by atoms with Crippen LogP contribution in [0.3, 0.4) is 0 Å². The Morgan fingerprint density at radius 1 is 1.09 bits per heavy atom. The van der Waals surface area contributed by atoms with E-state index < -0.39 is 10.0 Å². The average Bonchev–Trinajstić information content (AvgIpc) is 2.52. The maximum Gasteiger partial charge on any atom is 0.243 e. The average molecular weight is 326 g/mol. The first-order valence-electron chi connectivity index (χ1n) is 7.74. The number of nitrogens with two attached hydrogens (primary N) is 1. The molecular weight excluding hydrogens is 300 g/mol. The van der Waals surface area contributed by atoms with E-state index in [1.165, 1.54) is 0 Å². The summed E-state index contributed by atoms with van der Waals surface area (Å²) in [4.78, 5) is 2.67. The number of piperazine rings is 1. The summed E-state index contributed by atoms with van der Waals surface area (Å²) in [5.74, 6) is 0. The van der Waals surface area contributed by atoms with Gasteiger partial charge in [-0.15, -0.1) is 0 Å². The van der Waals surface area contributed by atoms with Gasteiger partial charge in [0.05, 0.1) is 4.90 Å². The van der Waals surface area contributed by atoms with Crippen LogP contribution in [0.1, 0.15) is 5.56 Å². The van der Waals surface area contributed by atoms with Crippen molar-refractivity contribution in [1.82, 2.24) is 14.5 Å². The molecule has 0 aliphatic carbocycles. The molecule has 0 aromatic heterocycles. The Hall–Kier alpha value is -0.990. The van der Waals surface area contributed by atoms with Gasteiger partial charge in [0.15, 0.2) is 0 Å². The van der Waals surface area contributed by atoms with Crippen molar-refractivity contribution >= 4 is 10.0 Å². The van der Waals surface area contributed by atoms with Crippen molar-refractivity contribution in [3.63, 3.8) is 0 Å². The Labute approximate surface area is 133 Å². The number of nitrogens with one attached hydrogen (secondary N) is 1. The van der Waals surface area contributed by atoms with E-state index in [4.69, 9.17) is 5.73 Å². The van der Waals surface area contributed by atoms with Crippen LogP contribution in [0.25, 0.3) is 0 Å². The summed E-state index contributed by atoms with van der Waals surface area (Å²) in [6.45, 7) is 7.88. The van der Waals surface area contributed by atoms with Gasteiger partial charge in [-0.3, -0.25) is 4.90 Å². The Morgan fingerprint density at radius 2 is 1.73 bits per heavy atom. The fourth-order valence-corrected chi connectivity index (χ4v) is 3.94. The number of nitrogens with zero attached hydrogens (tertiary/aromatic N) is 2. The van der Waals surface area contributed by atoms with E-state index in [-0.39, 0.29) is 0 Å². The third-order valence-electron chi connectivity index (χ3n) is 3.92. The standard InChI is InChI=1S/C15H26N4O2S/c1-14-2-4-15(5-3-14)22(20,21)19-12-10-18(11-13-19)9-8-17-7-6-16/h2-5,17H,6-13,16H2,1H3. The van der Waals surface area contributed by atoms with Crippen LogP contribution in [0, 0.1) is 6.92 Å². The molecule has 124 valence electrons. The predicted octanol–water partition coefficient (Wildman–Crippen LogP) is -0.150. The fraction of sp³-hybridized carbons (Fsp3) is 0.600. The van der Waals surface area contributed by atoms with Crippen LogP contribution >= 0.6 is 0 Å². The smallest absolute Gasteiger partial charge is 0.243 e. The van der Waals surface area contributed by atoms with E-state index in [9.17, 15) is 8.42 Å². The third kappa shape index (κ3) is 4.50. The first-order chi connectivity index (χ1) is 10.5. The number of aryl methyl sites for hydroxylation is 1. The zero-order valence-corrected chi connectivity index (χ0v) is 14.0. The zero-order chi connectivity index (χ0) is 16.0. The zero-order valence-electron chi connectivity index (χ0n) is 13.2. The van der Waals surface area contributed by atoms with Crippen molar-refractivity contribution in [2.45, 2.75) is 11.8 Å². The molecule has 1 fully saturated rings. The molecule has 1 heterocycles. The fourth-order valence-electron chi connectivity index (χ4n) is 2.52. The second kappa shape index (κ2) is 8.03. The summed E-state index contributed by atoms with van der Waals surface area (Å²) in [5.41, 5.74) is 6.49. The molecule has 1 aliphatic heterocycles. The van der Waals surface area contributed by atoms with Gasteiger partial charge < -0.3 is 11.1 Å². The summed E-state index contributed by atoms with van der Waals surface area (Å²) >= 11 is 0. The van der Waals surface area contributed by atoms with Gasteiger partial charge in [0.25, 0.3) is 0 Å². The molecule has 1 aliphatic rings. The summed E-state index contributed by atoms with van der Waals surface area (Å²) < 4.78 is 26.8. The normalized spacial score (nSPS) is 17.7. The molecule has 1 aromatic carbocycles. The van der Waals surface area contributed by atoms with Crippen molar-refractivity contribution in [1.29, 1.82) is 0 Å². The van der Waals surface area contributed by atoms with Crippen LogP contribution in [-0.4, -0.2) is 70.0 Å². The first-order valence-corrected chi connectivity index (χ1v) is 9.18. The van der Waals surface area contributed by atoms with E-state index in [2.05, 4.69) is 10.2 Å². The minimum atomic E-state index is -3.36. The van der Waals surface area contributed by atoms with Gasteiger partial charge in [0.1, 0.15) is 0 Å². The second-order valence-electron chi connectivity index (χ2n) is 5.60. The topological polar surface area (TPSA) is 78.7 Å². The van der Waals surface area contributed by atoms with Crippen molar-refractivity contribution in [3.05, 3.63) is 29.8 Å². The van der Waals surface area contributed by atoms with E-state index in [0.29, 0.717) is 24.5 Å². The van der Waals surface area contributed by atoms with Gasteiger partial charge in [-0.25, -0.2) is 8.42 Å². The van der Waals surface area contributed by atoms with Gasteiger partial charge in [0.2, 0.25) is 10.0 Å². The predicted molar refractivity (Wildman–Crippen MR) is 88.3 cm³/mol. The number of benzene rings is 1. The first kappa shape index (κ1) is 17.4. The highest BCUT2D eigenvalue weighted by Gasteiger charge is 2.28. The van der Waals surface area contributed by atoms with Crippen LogP contribution < -0.4 is 11.1 Å². The van der Waals surface area contributed by atoms with E-state index in [1.54, 1.807) is 16.4 Å². The number of hydrogen-bond acceptors (Lipinski definition) is 5. The van der Waals surface area contributed by atoms with Crippen LogP contribution in [0.15, 0.2) is 29.2 Å². The van der Waals surface area contributed by atoms with Crippen LogP contribution in [0.2, 0.25) is 0 Å². The lowest BCUT2D eigenvalue weighted by Crippen LogP contribution is -2.50. The molecule has 1 saturated heterocycles. The number of sulfonamides is 1. The molecule has 7 heteroatoms. The molecule has 0 unspecified atom stereocenters. The van der Waals surface area contributed by atoms with Gasteiger partial charge in [0, 0.05) is 52.4 Å². The molecule has 0 bridgehead atoms. The lowest BCUT2D eigenvalue weighted by molar-refractivity contribution is 0.189. The maximum absolute atomic E-state index is 12.6. The largest absolute Gasteiger partial charge is 0.329 e. The van der Waals surface area contributed by atoms with Crippen molar-refractivity contribution < 1.29 is 8.42 Å². The van der Waals surface area contributed by atoms with Crippen molar-refractivity contribution in [2.75, 3.05) is 52.4 Å². The molecule has 1 aromatic rings. The van der Waals surface area contributed by atoms with Gasteiger partial charge >= 0.3 is 0 Å². The molecule has 0 atom stereocenters. The lowest BCUT2D eigenvalue weighted by atomic mass is 10.2. The summed E-state index contributed by atoms with van der Waals surface area (Å²) in [6.07, 6.45) is 0. The van der Waals surface area contributed by atoms with Crippen LogP contribution in [0.5, 0.6) is 0 Å². The third-order valence-corrected chi connectivity index (χ3v) is 5.83. The number of rotatable bonds is 7. The minimum absolute atomic E-state index is 0.385. The number of hydrogen-bond donors (Lipinski definition) is 2. The molecule has 3 N–H and O–H groups in total. The van der Waals surface area contributed by atoms with E-state index in [0.717, 1.165) is 38.3 Å². The summed E-state index contributed by atoms with van der Waals surface area (Å²) in [7, 11) is -3.36. The van der Waals surface area contributed by atoms with Crippen LogP contribution in [0.4, 0.5) is 0 Å². The summed E-state index contributed by atoms with van der Waals surface area (Å²) in [6, 6.07) is 7.06. The SMILES string of the molecule is Cc1ccc(S(=O)(=O)N2CCN(CCNCCN)CC2)cc1. The Balaban J connectivity index is 1.86. The maximum atomic E-state index is 12.6. The molecule has 2 rings (SSSR count).